The van der Waals surface area contributed by atoms with Gasteiger partial charge in [0, 0.05) is 11.9 Å². The minimum atomic E-state index is -3.77. The summed E-state index contributed by atoms with van der Waals surface area (Å²) in [5.74, 6) is -0.236. The molecule has 1 heterocycles. The Hall–Kier alpha value is -2.68. The van der Waals surface area contributed by atoms with Gasteiger partial charge in [0.25, 0.3) is 0 Å². The van der Waals surface area contributed by atoms with Crippen molar-refractivity contribution < 1.29 is 13.2 Å². The van der Waals surface area contributed by atoms with Crippen molar-refractivity contribution in [2.75, 3.05) is 5.32 Å². The molecule has 0 saturated heterocycles. The molecule has 0 radical (unpaired) electrons. The summed E-state index contributed by atoms with van der Waals surface area (Å²) in [6, 6.07) is 20.6. The zero-order chi connectivity index (χ0) is 19.3. The number of benzene rings is 2. The standard InChI is InChI=1S/C19H17N3O3S2/c20-27(24,25)16-11-9-15(10-12-16)22-19(23)18(14-6-2-1-3-7-14)26-17-8-4-5-13-21-17/h1-13,18H,(H,22,23)(H2,20,24,25). The first-order valence-corrected chi connectivity index (χ1v) is 10.4. The molecular weight excluding hydrogens is 382 g/mol. The van der Waals surface area contributed by atoms with E-state index in [-0.39, 0.29) is 10.8 Å². The number of nitrogens with two attached hydrogens (primary N) is 1. The van der Waals surface area contributed by atoms with E-state index in [1.54, 1.807) is 6.20 Å². The van der Waals surface area contributed by atoms with Gasteiger partial charge in [-0.15, -0.1) is 0 Å². The molecule has 3 aromatic rings. The van der Waals surface area contributed by atoms with Crippen molar-refractivity contribution in [1.29, 1.82) is 0 Å². The Bertz CT molecular complexity index is 1010. The molecule has 1 amide bonds. The molecule has 0 aliphatic carbocycles. The van der Waals surface area contributed by atoms with E-state index in [9.17, 15) is 13.2 Å². The Morgan fingerprint density at radius 1 is 0.963 bits per heavy atom. The van der Waals surface area contributed by atoms with E-state index in [4.69, 9.17) is 5.14 Å². The average molecular weight is 399 g/mol. The second-order valence-corrected chi connectivity index (χ2v) is 8.32. The molecule has 0 saturated carbocycles. The number of carbonyl (C=O) groups is 1. The van der Waals surface area contributed by atoms with Crippen molar-refractivity contribution in [2.45, 2.75) is 15.2 Å². The van der Waals surface area contributed by atoms with Crippen molar-refractivity contribution in [2.24, 2.45) is 5.14 Å². The van der Waals surface area contributed by atoms with Crippen molar-refractivity contribution >= 4 is 33.4 Å². The number of carbonyl (C=O) groups excluding carboxylic acids is 1. The predicted octanol–water partition coefficient (Wildman–Crippen LogP) is 3.20. The molecule has 27 heavy (non-hydrogen) atoms. The fourth-order valence-corrected chi connectivity index (χ4v) is 3.87. The lowest BCUT2D eigenvalue weighted by Crippen LogP contribution is -2.19. The monoisotopic (exact) mass is 399 g/mol. The van der Waals surface area contributed by atoms with Crippen LogP contribution in [0.15, 0.2) is 88.9 Å². The molecule has 138 valence electrons. The summed E-state index contributed by atoms with van der Waals surface area (Å²) in [7, 11) is -3.77. The minimum absolute atomic E-state index is 0.0111. The van der Waals surface area contributed by atoms with E-state index in [2.05, 4.69) is 10.3 Å². The Morgan fingerprint density at radius 3 is 2.22 bits per heavy atom. The number of amides is 1. The van der Waals surface area contributed by atoms with E-state index >= 15 is 0 Å². The number of aromatic nitrogens is 1. The number of hydrogen-bond donors (Lipinski definition) is 2. The van der Waals surface area contributed by atoms with Crippen LogP contribution in [0.5, 0.6) is 0 Å². The summed E-state index contributed by atoms with van der Waals surface area (Å²) >= 11 is 1.34. The van der Waals surface area contributed by atoms with Crippen LogP contribution in [0.4, 0.5) is 5.69 Å². The van der Waals surface area contributed by atoms with E-state index in [1.807, 2.05) is 48.5 Å². The molecule has 6 nitrogen and oxygen atoms in total. The van der Waals surface area contributed by atoms with Crippen molar-refractivity contribution in [3.63, 3.8) is 0 Å². The SMILES string of the molecule is NS(=O)(=O)c1ccc(NC(=O)C(Sc2ccccn2)c2ccccc2)cc1. The maximum Gasteiger partial charge on any atom is 0.242 e. The lowest BCUT2D eigenvalue weighted by atomic mass is 10.1. The Morgan fingerprint density at radius 2 is 1.63 bits per heavy atom. The number of pyridine rings is 1. The van der Waals surface area contributed by atoms with Gasteiger partial charge in [0.05, 0.1) is 9.92 Å². The highest BCUT2D eigenvalue weighted by atomic mass is 32.2. The molecule has 2 aromatic carbocycles. The van der Waals surface area contributed by atoms with Crippen LogP contribution in [0.2, 0.25) is 0 Å². The van der Waals surface area contributed by atoms with Gasteiger partial charge in [-0.2, -0.15) is 0 Å². The zero-order valence-electron chi connectivity index (χ0n) is 14.1. The van der Waals surface area contributed by atoms with Gasteiger partial charge in [0.15, 0.2) is 0 Å². The van der Waals surface area contributed by atoms with Crippen molar-refractivity contribution in [1.82, 2.24) is 4.98 Å². The van der Waals surface area contributed by atoms with Gasteiger partial charge in [-0.3, -0.25) is 4.79 Å². The number of sulfonamides is 1. The van der Waals surface area contributed by atoms with E-state index in [0.29, 0.717) is 5.69 Å². The van der Waals surface area contributed by atoms with E-state index < -0.39 is 15.3 Å². The molecule has 1 aromatic heterocycles. The topological polar surface area (TPSA) is 102 Å². The number of hydrogen-bond acceptors (Lipinski definition) is 5. The van der Waals surface area contributed by atoms with Crippen LogP contribution < -0.4 is 10.5 Å². The third kappa shape index (κ3) is 5.16. The quantitative estimate of drug-likeness (QED) is 0.620. The molecule has 0 bridgehead atoms. The first-order chi connectivity index (χ1) is 12.9. The molecular formula is C19H17N3O3S2. The number of anilines is 1. The van der Waals surface area contributed by atoms with Gasteiger partial charge in [0.2, 0.25) is 15.9 Å². The zero-order valence-corrected chi connectivity index (χ0v) is 15.8. The highest BCUT2D eigenvalue weighted by Crippen LogP contribution is 2.35. The normalized spacial score (nSPS) is 12.3. The summed E-state index contributed by atoms with van der Waals surface area (Å²) < 4.78 is 22.7. The highest BCUT2D eigenvalue weighted by Gasteiger charge is 2.22. The summed E-state index contributed by atoms with van der Waals surface area (Å²) in [5.41, 5.74) is 1.32. The fourth-order valence-electron chi connectivity index (χ4n) is 2.37. The molecule has 0 aliphatic heterocycles. The number of primary sulfonamides is 1. The summed E-state index contributed by atoms with van der Waals surface area (Å²) in [4.78, 5) is 17.2. The van der Waals surface area contributed by atoms with Gasteiger partial charge in [-0.25, -0.2) is 18.5 Å². The molecule has 3 rings (SSSR count). The van der Waals surface area contributed by atoms with Crippen LogP contribution in [0.25, 0.3) is 0 Å². The molecule has 0 aliphatic rings. The second-order valence-electron chi connectivity index (χ2n) is 5.64. The number of nitrogens with zero attached hydrogens (tertiary/aromatic N) is 1. The Kier molecular flexibility index (Phi) is 5.90. The Balaban J connectivity index is 1.82. The first-order valence-electron chi connectivity index (χ1n) is 8.00. The lowest BCUT2D eigenvalue weighted by Gasteiger charge is -2.16. The van der Waals surface area contributed by atoms with E-state index in [1.165, 1.54) is 36.0 Å². The average Bonchev–Trinajstić information content (AvgIpc) is 2.67. The molecule has 8 heteroatoms. The van der Waals surface area contributed by atoms with Crippen LogP contribution >= 0.6 is 11.8 Å². The van der Waals surface area contributed by atoms with Crippen molar-refractivity contribution in [3.05, 3.63) is 84.6 Å². The molecule has 3 N–H and O–H groups in total. The molecule has 0 fully saturated rings. The summed E-state index contributed by atoms with van der Waals surface area (Å²) in [6.45, 7) is 0. The van der Waals surface area contributed by atoms with Gasteiger partial charge < -0.3 is 5.32 Å². The fraction of sp³-hybridized carbons (Fsp3) is 0.0526. The third-order valence-electron chi connectivity index (χ3n) is 3.67. The Labute approximate surface area is 161 Å². The highest BCUT2D eigenvalue weighted by molar-refractivity contribution is 8.00. The number of thioether (sulfide) groups is 1. The summed E-state index contributed by atoms with van der Waals surface area (Å²) in [5, 5.41) is 8.12. The largest absolute Gasteiger partial charge is 0.325 e. The first kappa shape index (κ1) is 19.1. The second kappa shape index (κ2) is 8.34. The van der Waals surface area contributed by atoms with Gasteiger partial charge in [-0.1, -0.05) is 48.2 Å². The van der Waals surface area contributed by atoms with Crippen molar-refractivity contribution in [3.8, 4) is 0 Å². The van der Waals surface area contributed by atoms with Crippen LogP contribution in [0.3, 0.4) is 0 Å². The summed E-state index contributed by atoms with van der Waals surface area (Å²) in [6.07, 6.45) is 1.67. The minimum Gasteiger partial charge on any atom is -0.325 e. The molecule has 1 unspecified atom stereocenters. The van der Waals surface area contributed by atoms with Gasteiger partial charge >= 0.3 is 0 Å². The van der Waals surface area contributed by atoms with Crippen LogP contribution in [-0.4, -0.2) is 19.3 Å². The molecule has 1 atom stereocenters. The van der Waals surface area contributed by atoms with Crippen LogP contribution in [0, 0.1) is 0 Å². The van der Waals surface area contributed by atoms with Gasteiger partial charge in [-0.05, 0) is 42.0 Å². The van der Waals surface area contributed by atoms with Gasteiger partial charge in [0.1, 0.15) is 5.25 Å². The number of nitrogens with one attached hydrogen (secondary N) is 1. The maximum atomic E-state index is 12.9. The maximum absolute atomic E-state index is 12.9. The smallest absolute Gasteiger partial charge is 0.242 e. The van der Waals surface area contributed by atoms with Crippen LogP contribution in [-0.2, 0) is 14.8 Å². The number of rotatable bonds is 6. The lowest BCUT2D eigenvalue weighted by molar-refractivity contribution is -0.115. The predicted molar refractivity (Wildman–Crippen MR) is 106 cm³/mol. The van der Waals surface area contributed by atoms with Crippen LogP contribution in [0.1, 0.15) is 10.8 Å². The third-order valence-corrected chi connectivity index (χ3v) is 5.80. The van der Waals surface area contributed by atoms with E-state index in [0.717, 1.165) is 10.6 Å². The molecule has 0 spiro atoms.